The molecule has 23 nitrogen and oxygen atoms in total. The van der Waals surface area contributed by atoms with Crippen molar-refractivity contribution in [3.8, 4) is 5.75 Å². The Labute approximate surface area is 706 Å². The zero-order chi connectivity index (χ0) is 81.8. The minimum Gasteiger partial charge on any atom is -0.497 e. The molecule has 0 saturated carbocycles. The number of ether oxygens (including phenoxy) is 4. The lowest BCUT2D eigenvalue weighted by molar-refractivity contribution is 0.0514. The van der Waals surface area contributed by atoms with Gasteiger partial charge in [0.05, 0.1) is 91.3 Å². The second-order valence-corrected chi connectivity index (χ2v) is 29.5. The highest BCUT2D eigenvalue weighted by Crippen LogP contribution is 2.38. The first-order chi connectivity index (χ1) is 56.1. The van der Waals surface area contributed by atoms with E-state index in [1.807, 2.05) is 62.5 Å². The van der Waals surface area contributed by atoms with E-state index in [2.05, 4.69) is 0 Å². The van der Waals surface area contributed by atoms with Crippen LogP contribution in [0.15, 0.2) is 212 Å². The number of carbonyl (C=O) groups excluding carboxylic acids is 6. The van der Waals surface area contributed by atoms with Gasteiger partial charge < -0.3 is 66.5 Å². The molecule has 0 atom stereocenters. The van der Waals surface area contributed by atoms with Gasteiger partial charge in [-0.25, -0.2) is 23.2 Å². The summed E-state index contributed by atoms with van der Waals surface area (Å²) in [6, 6.07) is 50.9. The number of hydrogen-bond donors (Lipinski definition) is 0. The molecule has 29 heteroatoms. The Morgan fingerprint density at radius 3 is 1.11 bits per heavy atom. The zero-order valence-corrected chi connectivity index (χ0v) is 66.8. The molecule has 3 aliphatic heterocycles. The number of hydrogen-bond acceptors (Lipinski definition) is 18. The van der Waals surface area contributed by atoms with Crippen molar-refractivity contribution in [1.29, 1.82) is 0 Å². The molecule has 5 aromatic heterocycles. The van der Waals surface area contributed by atoms with Crippen molar-refractivity contribution in [3.63, 3.8) is 0 Å². The summed E-state index contributed by atoms with van der Waals surface area (Å²) in [5, 5.41) is 5.15. The predicted molar refractivity (Wildman–Crippen MR) is 465 cm³/mol. The number of anilines is 3. The van der Waals surface area contributed by atoms with Gasteiger partial charge in [-0.1, -0.05) is 118 Å². The van der Waals surface area contributed by atoms with Crippen LogP contribution < -0.4 is 36.1 Å². The quantitative estimate of drug-likeness (QED) is 0.0540. The van der Waals surface area contributed by atoms with E-state index in [9.17, 15) is 51.9 Å². The van der Waals surface area contributed by atoms with Crippen LogP contribution in [0.1, 0.15) is 121 Å². The summed E-state index contributed by atoms with van der Waals surface area (Å²) in [6.07, 6.45) is 1.45. The van der Waals surface area contributed by atoms with Crippen molar-refractivity contribution >= 4 is 132 Å². The molecule has 3 saturated heterocycles. The monoisotopic (exact) mass is 1700 g/mol. The highest BCUT2D eigenvalue weighted by atomic mass is 35.5. The van der Waals surface area contributed by atoms with E-state index in [-0.39, 0.29) is 114 Å². The molecule has 12 aromatic rings. The Balaban J connectivity index is 0.000000185. The summed E-state index contributed by atoms with van der Waals surface area (Å²) in [7, 11) is 1.58. The van der Waals surface area contributed by atoms with Crippen LogP contribution in [-0.4, -0.2) is 169 Å². The van der Waals surface area contributed by atoms with Gasteiger partial charge in [0.15, 0.2) is 5.76 Å². The average Bonchev–Trinajstić information content (AvgIpc) is 1.09. The molecule has 0 aliphatic carbocycles. The fourth-order valence-corrected chi connectivity index (χ4v) is 15.8. The number of amides is 3. The molecular weight excluding hydrogens is 1610 g/mol. The first kappa shape index (κ1) is 89.2. The van der Waals surface area contributed by atoms with Crippen LogP contribution in [0.25, 0.3) is 32.7 Å². The van der Waals surface area contributed by atoms with Crippen LogP contribution in [0.4, 0.5) is 25.8 Å². The average molecular weight is 1700 g/mol. The third kappa shape index (κ3) is 19.9. The lowest BCUT2D eigenvalue weighted by Gasteiger charge is -2.37. The molecule has 3 fully saturated rings. The lowest BCUT2D eigenvalue weighted by atomic mass is 10.0. The molecule has 0 unspecified atom stereocenters. The van der Waals surface area contributed by atoms with Crippen molar-refractivity contribution in [1.82, 2.24) is 28.4 Å². The van der Waals surface area contributed by atoms with Crippen molar-refractivity contribution in [2.75, 3.05) is 120 Å². The molecule has 15 rings (SSSR count). The highest BCUT2D eigenvalue weighted by Gasteiger charge is 2.36. The van der Waals surface area contributed by atoms with E-state index in [0.29, 0.717) is 171 Å². The molecule has 0 N–H and O–H groups in total. The molecule has 119 heavy (non-hydrogen) atoms. The number of fused-ring (bicyclic) bond motifs is 3. The minimum atomic E-state index is -0.740. The highest BCUT2D eigenvalue weighted by molar-refractivity contribution is 7.12. The predicted octanol–water partition coefficient (Wildman–Crippen LogP) is 16.4. The third-order valence-electron chi connectivity index (χ3n) is 20.2. The SMILES string of the molecule is C.C.C.CCOC(=O)c1c(N2CCN(C(=O)c3ccc(OC)cc3)CC2)c2cc(Cl)ccc2n(Cc2ccccc2)c1=O.CCOC(=O)c1c(N2CCN(C(=O)c3ccco3)CC2)c2cc(Cl)ccc2n(Cc2ccc(F)cc2)c1=O.CCOC(=O)c1c(N2CCN(C(=O)c3cccs3)CC2)c2cc(Cl)ccc2n(Cc2ccc(F)cc2)c1=O. The lowest BCUT2D eigenvalue weighted by Crippen LogP contribution is -2.49. The number of rotatable bonds is 19. The summed E-state index contributed by atoms with van der Waals surface area (Å²) >= 11 is 20.6. The molecule has 8 heterocycles. The fraction of sp³-hybridized carbons (Fsp3) is 0.278. The fourth-order valence-electron chi connectivity index (χ4n) is 14.6. The van der Waals surface area contributed by atoms with Crippen molar-refractivity contribution < 1.29 is 60.9 Å². The Morgan fingerprint density at radius 2 is 0.773 bits per heavy atom. The zero-order valence-electron chi connectivity index (χ0n) is 63.7. The van der Waals surface area contributed by atoms with Gasteiger partial charge in [-0.05, 0) is 164 Å². The van der Waals surface area contributed by atoms with E-state index in [1.165, 1.54) is 51.0 Å². The number of carbonyl (C=O) groups is 6. The summed E-state index contributed by atoms with van der Waals surface area (Å²) in [4.78, 5) is 132. The number of halogens is 5. The largest absolute Gasteiger partial charge is 0.497 e. The van der Waals surface area contributed by atoms with E-state index in [4.69, 9.17) is 58.2 Å². The number of esters is 3. The molecule has 3 amide bonds. The Morgan fingerprint density at radius 1 is 0.412 bits per heavy atom. The topological polar surface area (TPSA) is 238 Å². The van der Waals surface area contributed by atoms with Gasteiger partial charge in [0, 0.05) is 115 Å². The Kier molecular flexibility index (Phi) is 30.3. The molecular formula is C90H92Cl3F2N9O14S. The smallest absolute Gasteiger partial charge is 0.345 e. The van der Waals surface area contributed by atoms with Gasteiger partial charge in [-0.3, -0.25) is 28.8 Å². The van der Waals surface area contributed by atoms with Gasteiger partial charge in [0.2, 0.25) is 0 Å². The maximum atomic E-state index is 14.0. The maximum Gasteiger partial charge on any atom is 0.345 e. The molecule has 3 aliphatic rings. The second-order valence-electron chi connectivity index (χ2n) is 27.2. The van der Waals surface area contributed by atoms with Crippen molar-refractivity contribution in [3.05, 3.63) is 301 Å². The number of methoxy groups -OCH3 is 1. The van der Waals surface area contributed by atoms with Gasteiger partial charge in [0.25, 0.3) is 34.4 Å². The normalized spacial score (nSPS) is 13.2. The number of nitrogens with zero attached hydrogens (tertiary/aromatic N) is 9. The maximum absolute atomic E-state index is 14.0. The summed E-state index contributed by atoms with van der Waals surface area (Å²) in [5.74, 6) is -2.30. The minimum absolute atomic E-state index is 0. The molecule has 0 radical (unpaired) electrons. The van der Waals surface area contributed by atoms with Gasteiger partial charge >= 0.3 is 17.9 Å². The standard InChI is InChI=1S/C31H30ClN3O5.C28H25ClFN3O5.C28H25ClFN3O4S.3CH4/c1-3-40-31(38)27-28(33-15-17-34(18-16-33)29(36)22-9-12-24(39-2)13-10-22)25-19-23(32)11-14-26(25)35(30(27)37)20-21-7-5-4-6-8-21;2*1-2-37-28(36)24-25(31-11-13-32(14-12-31)26(34)23-4-3-15-38-23)21-16-19(29)7-10-22(21)33(27(24)35)17-18-5-8-20(30)9-6-18;;;/h4-14,19H,3,15-18,20H2,1-2H3;2*3-10,15-16H,2,11-14,17H2,1H3;3*1H4. The first-order valence-electron chi connectivity index (χ1n) is 37.6. The molecule has 622 valence electrons. The number of thiophene rings is 1. The van der Waals surface area contributed by atoms with Crippen LogP contribution in [0.5, 0.6) is 5.75 Å². The number of piperazine rings is 3. The Hall–Kier alpha value is -12.1. The van der Waals surface area contributed by atoms with Crippen LogP contribution in [-0.2, 0) is 33.8 Å². The second kappa shape index (κ2) is 40.4. The van der Waals surface area contributed by atoms with E-state index < -0.39 is 34.6 Å². The van der Waals surface area contributed by atoms with Crippen LogP contribution >= 0.6 is 46.1 Å². The number of benzene rings is 7. The summed E-state index contributed by atoms with van der Waals surface area (Å²) in [6.45, 7) is 10.8. The Bertz CT molecular complexity index is 5580. The van der Waals surface area contributed by atoms with Gasteiger partial charge in [0.1, 0.15) is 34.1 Å². The van der Waals surface area contributed by atoms with Gasteiger partial charge in [-0.15, -0.1) is 11.3 Å². The number of aromatic nitrogens is 3. The summed E-state index contributed by atoms with van der Waals surface area (Å²) in [5.41, 5.74) is 4.41. The van der Waals surface area contributed by atoms with E-state index >= 15 is 0 Å². The van der Waals surface area contributed by atoms with Crippen LogP contribution in [0, 0.1) is 11.6 Å². The van der Waals surface area contributed by atoms with Crippen molar-refractivity contribution in [2.24, 2.45) is 0 Å². The van der Waals surface area contributed by atoms with Gasteiger partial charge in [-0.2, -0.15) is 0 Å². The van der Waals surface area contributed by atoms with Crippen molar-refractivity contribution in [2.45, 2.75) is 62.7 Å². The van der Waals surface area contributed by atoms with Crippen LogP contribution in [0.2, 0.25) is 15.1 Å². The molecule has 7 aromatic carbocycles. The number of furan rings is 1. The number of pyridine rings is 3. The van der Waals surface area contributed by atoms with Crippen LogP contribution in [0.3, 0.4) is 0 Å². The molecule has 0 bridgehead atoms. The third-order valence-corrected chi connectivity index (χ3v) is 21.7. The molecule has 0 spiro atoms. The van der Waals surface area contributed by atoms with E-state index in [0.717, 1.165) is 5.56 Å². The first-order valence-corrected chi connectivity index (χ1v) is 39.6. The van der Waals surface area contributed by atoms with E-state index in [1.54, 1.807) is 162 Å². The summed E-state index contributed by atoms with van der Waals surface area (Å²) < 4.78 is 58.0.